The normalized spacial score (nSPS) is 11.0. The van der Waals surface area contributed by atoms with E-state index in [1.807, 2.05) is 0 Å². The minimum absolute atomic E-state index is 0.141. The van der Waals surface area contributed by atoms with Gasteiger partial charge in [0.25, 0.3) is 11.6 Å². The molecular formula is C14H12N4O3. The third-order valence-electron chi connectivity index (χ3n) is 2.74. The number of carbonyl (C=O) groups excluding carboxylic acids is 1. The maximum Gasteiger partial charge on any atom is 0.271 e. The quantitative estimate of drug-likeness (QED) is 0.528. The molecule has 0 saturated heterocycles. The largest absolute Gasteiger partial charge is 0.271 e. The monoisotopic (exact) mass is 284 g/mol. The van der Waals surface area contributed by atoms with E-state index in [2.05, 4.69) is 15.5 Å². The lowest BCUT2D eigenvalue weighted by molar-refractivity contribution is -0.384. The molecule has 1 N–H and O–H groups in total. The van der Waals surface area contributed by atoms with Crippen LogP contribution in [0.1, 0.15) is 22.8 Å². The maximum atomic E-state index is 11.9. The predicted molar refractivity (Wildman–Crippen MR) is 77.0 cm³/mol. The van der Waals surface area contributed by atoms with Gasteiger partial charge in [0.2, 0.25) is 0 Å². The summed E-state index contributed by atoms with van der Waals surface area (Å²) in [5.41, 5.74) is 3.84. The molecule has 0 bridgehead atoms. The summed E-state index contributed by atoms with van der Waals surface area (Å²) in [5, 5.41) is 14.6. The number of hydrogen-bond donors (Lipinski definition) is 1. The summed E-state index contributed by atoms with van der Waals surface area (Å²) in [7, 11) is 0. The van der Waals surface area contributed by atoms with Gasteiger partial charge in [0.1, 0.15) is 0 Å². The van der Waals surface area contributed by atoms with Crippen molar-refractivity contribution in [3.8, 4) is 0 Å². The molecule has 21 heavy (non-hydrogen) atoms. The van der Waals surface area contributed by atoms with Crippen LogP contribution in [0.5, 0.6) is 0 Å². The van der Waals surface area contributed by atoms with Crippen LogP contribution < -0.4 is 5.43 Å². The number of hydrogen-bond acceptors (Lipinski definition) is 5. The molecule has 106 valence electrons. The fourth-order valence-electron chi connectivity index (χ4n) is 1.62. The number of aromatic nitrogens is 1. The molecule has 0 saturated carbocycles. The first-order valence-electron chi connectivity index (χ1n) is 6.07. The Hall–Kier alpha value is -3.09. The van der Waals surface area contributed by atoms with Crippen molar-refractivity contribution >= 4 is 17.3 Å². The van der Waals surface area contributed by atoms with Crippen LogP contribution in [0.15, 0.2) is 53.9 Å². The molecule has 1 heterocycles. The van der Waals surface area contributed by atoms with Gasteiger partial charge in [0.15, 0.2) is 0 Å². The molecule has 2 aromatic rings. The zero-order valence-corrected chi connectivity index (χ0v) is 11.2. The van der Waals surface area contributed by atoms with E-state index in [1.165, 1.54) is 24.3 Å². The van der Waals surface area contributed by atoms with Gasteiger partial charge in [-0.15, -0.1) is 0 Å². The number of benzene rings is 1. The molecule has 0 spiro atoms. The van der Waals surface area contributed by atoms with E-state index < -0.39 is 10.8 Å². The first-order valence-corrected chi connectivity index (χ1v) is 6.07. The number of hydrazone groups is 1. The van der Waals surface area contributed by atoms with Gasteiger partial charge in [-0.25, -0.2) is 5.43 Å². The molecule has 0 unspecified atom stereocenters. The second-order valence-electron chi connectivity index (χ2n) is 4.18. The molecule has 1 aromatic carbocycles. The van der Waals surface area contributed by atoms with E-state index in [9.17, 15) is 14.9 Å². The minimum Gasteiger partial charge on any atom is -0.267 e. The molecule has 7 heteroatoms. The van der Waals surface area contributed by atoms with Crippen molar-refractivity contribution < 1.29 is 9.72 Å². The number of amides is 1. The summed E-state index contributed by atoms with van der Waals surface area (Å²) >= 11 is 0. The number of nitrogens with zero attached hydrogens (tertiary/aromatic N) is 3. The first-order chi connectivity index (χ1) is 10.1. The summed E-state index contributed by atoms with van der Waals surface area (Å²) in [6.45, 7) is 1.74. The van der Waals surface area contributed by atoms with E-state index in [0.717, 1.165) is 5.56 Å². The number of pyridine rings is 1. The van der Waals surface area contributed by atoms with Crippen molar-refractivity contribution in [1.82, 2.24) is 10.4 Å². The minimum atomic E-state index is -0.553. The molecule has 0 aliphatic rings. The molecule has 0 atom stereocenters. The average Bonchev–Trinajstić information content (AvgIpc) is 2.53. The number of nitro benzene ring substituents is 1. The Morgan fingerprint density at radius 2 is 1.95 bits per heavy atom. The lowest BCUT2D eigenvalue weighted by Gasteiger charge is -2.02. The summed E-state index contributed by atoms with van der Waals surface area (Å²) in [4.78, 5) is 25.9. The van der Waals surface area contributed by atoms with Crippen molar-refractivity contribution in [3.63, 3.8) is 0 Å². The van der Waals surface area contributed by atoms with Crippen LogP contribution in [0.2, 0.25) is 0 Å². The smallest absolute Gasteiger partial charge is 0.267 e. The molecule has 0 radical (unpaired) electrons. The third-order valence-corrected chi connectivity index (χ3v) is 2.74. The van der Waals surface area contributed by atoms with Gasteiger partial charge in [-0.05, 0) is 25.1 Å². The number of carbonyl (C=O) groups is 1. The number of nitrogens with one attached hydrogen (secondary N) is 1. The zero-order valence-electron chi connectivity index (χ0n) is 11.2. The lowest BCUT2D eigenvalue weighted by atomic mass is 10.2. The molecule has 0 aliphatic heterocycles. The molecule has 1 aromatic heterocycles. The van der Waals surface area contributed by atoms with E-state index >= 15 is 0 Å². The highest BCUT2D eigenvalue weighted by Crippen LogP contribution is 2.12. The molecule has 2 rings (SSSR count). The van der Waals surface area contributed by atoms with Gasteiger partial charge < -0.3 is 0 Å². The zero-order chi connectivity index (χ0) is 15.2. The summed E-state index contributed by atoms with van der Waals surface area (Å²) in [6.07, 6.45) is 3.24. The number of rotatable bonds is 4. The van der Waals surface area contributed by atoms with Gasteiger partial charge >= 0.3 is 0 Å². The van der Waals surface area contributed by atoms with Gasteiger partial charge in [-0.3, -0.25) is 19.9 Å². The lowest BCUT2D eigenvalue weighted by Crippen LogP contribution is -2.19. The Labute approximate surface area is 120 Å². The fourth-order valence-corrected chi connectivity index (χ4v) is 1.62. The van der Waals surface area contributed by atoms with Crippen molar-refractivity contribution in [1.29, 1.82) is 0 Å². The van der Waals surface area contributed by atoms with Gasteiger partial charge in [0, 0.05) is 35.7 Å². The molecule has 0 fully saturated rings. The summed E-state index contributed by atoms with van der Waals surface area (Å²) < 4.78 is 0. The Bertz CT molecular complexity index is 698. The maximum absolute atomic E-state index is 11.9. The van der Waals surface area contributed by atoms with E-state index in [1.54, 1.807) is 31.5 Å². The van der Waals surface area contributed by atoms with E-state index in [0.29, 0.717) is 5.71 Å². The molecular weight excluding hydrogens is 272 g/mol. The standard InChI is InChI=1S/C14H12N4O3/c1-10(11-5-7-15-8-6-11)16-17-14(19)12-3-2-4-13(9-12)18(20)21/h2-9H,1H3,(H,17,19). The second-order valence-corrected chi connectivity index (χ2v) is 4.18. The highest BCUT2D eigenvalue weighted by molar-refractivity contribution is 6.00. The van der Waals surface area contributed by atoms with Gasteiger partial charge in [0.05, 0.1) is 10.6 Å². The Kier molecular flexibility index (Phi) is 4.35. The molecule has 7 nitrogen and oxygen atoms in total. The highest BCUT2D eigenvalue weighted by Gasteiger charge is 2.11. The predicted octanol–water partition coefficient (Wildman–Crippen LogP) is 2.14. The number of non-ortho nitro benzene ring substituents is 1. The Balaban J connectivity index is 2.12. The molecule has 0 aliphatic carbocycles. The number of nitro groups is 1. The van der Waals surface area contributed by atoms with Crippen LogP contribution in [0, 0.1) is 10.1 Å². The van der Waals surface area contributed by atoms with Crippen LogP contribution in [0.25, 0.3) is 0 Å². The Morgan fingerprint density at radius 1 is 1.24 bits per heavy atom. The van der Waals surface area contributed by atoms with Crippen LogP contribution in [-0.4, -0.2) is 21.5 Å². The van der Waals surface area contributed by atoms with Crippen molar-refractivity contribution in [2.45, 2.75) is 6.92 Å². The first kappa shape index (κ1) is 14.3. The van der Waals surface area contributed by atoms with Crippen molar-refractivity contribution in [2.75, 3.05) is 0 Å². The topological polar surface area (TPSA) is 97.5 Å². The molecule has 1 amide bonds. The van der Waals surface area contributed by atoms with Crippen molar-refractivity contribution in [3.05, 3.63) is 70.0 Å². The summed E-state index contributed by atoms with van der Waals surface area (Å²) in [6, 6.07) is 8.98. The van der Waals surface area contributed by atoms with Gasteiger partial charge in [-0.1, -0.05) is 6.07 Å². The SMILES string of the molecule is CC(=NNC(=O)c1cccc([N+](=O)[O-])c1)c1ccncc1. The van der Waals surface area contributed by atoms with Crippen LogP contribution in [0.3, 0.4) is 0 Å². The Morgan fingerprint density at radius 3 is 2.62 bits per heavy atom. The van der Waals surface area contributed by atoms with Crippen LogP contribution >= 0.6 is 0 Å². The van der Waals surface area contributed by atoms with Crippen molar-refractivity contribution in [2.24, 2.45) is 5.10 Å². The third kappa shape index (κ3) is 3.69. The second kappa shape index (κ2) is 6.38. The van der Waals surface area contributed by atoms with Crippen LogP contribution in [0.4, 0.5) is 5.69 Å². The fraction of sp³-hybridized carbons (Fsp3) is 0.0714. The highest BCUT2D eigenvalue weighted by atomic mass is 16.6. The summed E-state index contributed by atoms with van der Waals surface area (Å²) in [5.74, 6) is -0.507. The average molecular weight is 284 g/mol. The van der Waals surface area contributed by atoms with E-state index in [-0.39, 0.29) is 11.3 Å². The van der Waals surface area contributed by atoms with Crippen LogP contribution in [-0.2, 0) is 0 Å². The van der Waals surface area contributed by atoms with E-state index in [4.69, 9.17) is 0 Å². The van der Waals surface area contributed by atoms with Gasteiger partial charge in [-0.2, -0.15) is 5.10 Å².